The van der Waals surface area contributed by atoms with E-state index in [2.05, 4.69) is 27.3 Å². The maximum Gasteiger partial charge on any atom is 0.225 e. The van der Waals surface area contributed by atoms with Gasteiger partial charge in [-0.1, -0.05) is 12.5 Å². The third-order valence-electron chi connectivity index (χ3n) is 8.05. The first-order valence-electron chi connectivity index (χ1n) is 13.0. The monoisotopic (exact) mass is 466 g/mol. The Kier molecular flexibility index (Phi) is 7.41. The molecule has 178 valence electrons. The quantitative estimate of drug-likeness (QED) is 0.635. The van der Waals surface area contributed by atoms with Gasteiger partial charge >= 0.3 is 0 Å². The first-order chi connectivity index (χ1) is 16.1. The zero-order valence-corrected chi connectivity index (χ0v) is 20.8. The van der Waals surface area contributed by atoms with E-state index in [1.165, 1.54) is 68.6 Å². The number of carbonyl (C=O) groups is 1. The van der Waals surface area contributed by atoms with Gasteiger partial charge in [0.2, 0.25) is 5.91 Å². The first-order valence-corrected chi connectivity index (χ1v) is 13.9. The van der Waals surface area contributed by atoms with Crippen molar-refractivity contribution < 1.29 is 4.79 Å². The standard InChI is InChI=1S/C27H38N4OS/c1-19-28-18-24(33-19)17-27(32)29-23-8-5-20(6-9-23)11-14-31-15-12-22-7-10-25(21-3-2-4-21)30-26(22)13-16-31/h7,10,18,20-21,23H,2-6,8-9,11-17H2,1H3,(H,29,32)/t20-,23-. The molecule has 0 aromatic carbocycles. The lowest BCUT2D eigenvalue weighted by atomic mass is 9.82. The number of aromatic nitrogens is 2. The van der Waals surface area contributed by atoms with Crippen LogP contribution in [0.15, 0.2) is 18.3 Å². The zero-order chi connectivity index (χ0) is 22.6. The van der Waals surface area contributed by atoms with Gasteiger partial charge in [-0.05, 0) is 82.4 Å². The predicted octanol–water partition coefficient (Wildman–Crippen LogP) is 4.82. The Balaban J connectivity index is 1.02. The number of hydrogen-bond donors (Lipinski definition) is 1. The second-order valence-electron chi connectivity index (χ2n) is 10.4. The maximum atomic E-state index is 12.4. The van der Waals surface area contributed by atoms with Gasteiger partial charge in [0, 0.05) is 53.9 Å². The largest absolute Gasteiger partial charge is 0.353 e. The molecule has 33 heavy (non-hydrogen) atoms. The minimum absolute atomic E-state index is 0.153. The highest BCUT2D eigenvalue weighted by molar-refractivity contribution is 7.11. The van der Waals surface area contributed by atoms with Crippen molar-refractivity contribution in [2.45, 2.75) is 89.5 Å². The number of hydrogen-bond acceptors (Lipinski definition) is 5. The molecule has 0 unspecified atom stereocenters. The van der Waals surface area contributed by atoms with Gasteiger partial charge in [0.05, 0.1) is 11.4 Å². The van der Waals surface area contributed by atoms with E-state index in [-0.39, 0.29) is 5.91 Å². The molecule has 6 heteroatoms. The molecule has 0 spiro atoms. The lowest BCUT2D eigenvalue weighted by molar-refractivity contribution is -0.121. The maximum absolute atomic E-state index is 12.4. The fourth-order valence-corrected chi connectivity index (χ4v) is 6.48. The van der Waals surface area contributed by atoms with Gasteiger partial charge in [-0.3, -0.25) is 9.78 Å². The van der Waals surface area contributed by atoms with Crippen molar-refractivity contribution in [2.24, 2.45) is 5.92 Å². The highest BCUT2D eigenvalue weighted by Gasteiger charge is 2.25. The molecule has 5 nitrogen and oxygen atoms in total. The summed E-state index contributed by atoms with van der Waals surface area (Å²) in [6.07, 6.45) is 14.6. The Morgan fingerprint density at radius 2 is 1.94 bits per heavy atom. The molecule has 2 fully saturated rings. The van der Waals surface area contributed by atoms with E-state index < -0.39 is 0 Å². The van der Waals surface area contributed by atoms with Crippen LogP contribution in [0.4, 0.5) is 0 Å². The Hall–Kier alpha value is -1.79. The topological polar surface area (TPSA) is 58.1 Å². The highest BCUT2D eigenvalue weighted by atomic mass is 32.1. The number of amides is 1. The molecule has 0 radical (unpaired) electrons. The molecule has 3 aliphatic rings. The highest BCUT2D eigenvalue weighted by Crippen LogP contribution is 2.36. The van der Waals surface area contributed by atoms with E-state index in [0.29, 0.717) is 12.5 Å². The number of aryl methyl sites for hydroxylation is 1. The van der Waals surface area contributed by atoms with Crippen LogP contribution in [-0.2, 0) is 24.1 Å². The molecular weight excluding hydrogens is 428 g/mol. The van der Waals surface area contributed by atoms with Crippen LogP contribution in [0, 0.1) is 12.8 Å². The Labute approximate surface area is 202 Å². The molecule has 5 rings (SSSR count). The lowest BCUT2D eigenvalue weighted by Crippen LogP contribution is -2.38. The van der Waals surface area contributed by atoms with Crippen LogP contribution in [0.5, 0.6) is 0 Å². The molecule has 0 atom stereocenters. The van der Waals surface area contributed by atoms with Crippen LogP contribution in [0.3, 0.4) is 0 Å². The van der Waals surface area contributed by atoms with Crippen molar-refractivity contribution in [3.05, 3.63) is 45.2 Å². The average molecular weight is 467 g/mol. The molecule has 1 aliphatic heterocycles. The minimum Gasteiger partial charge on any atom is -0.353 e. The second kappa shape index (κ2) is 10.6. The van der Waals surface area contributed by atoms with Crippen LogP contribution in [0.2, 0.25) is 0 Å². The van der Waals surface area contributed by atoms with Gasteiger partial charge in [-0.2, -0.15) is 0 Å². The normalized spacial score (nSPS) is 24.0. The third-order valence-corrected chi connectivity index (χ3v) is 8.96. The molecule has 1 amide bonds. The number of thiazole rings is 1. The molecule has 0 saturated heterocycles. The van der Waals surface area contributed by atoms with Crippen LogP contribution in [0.25, 0.3) is 0 Å². The number of pyridine rings is 1. The molecule has 2 saturated carbocycles. The molecule has 2 aromatic heterocycles. The average Bonchev–Trinajstić information content (AvgIpc) is 3.06. The molecule has 2 aliphatic carbocycles. The fraction of sp³-hybridized carbons (Fsp3) is 0.667. The van der Waals surface area contributed by atoms with Crippen molar-refractivity contribution in [3.63, 3.8) is 0 Å². The van der Waals surface area contributed by atoms with Crippen LogP contribution in [-0.4, -0.2) is 46.5 Å². The third kappa shape index (κ3) is 6.02. The van der Waals surface area contributed by atoms with Gasteiger partial charge in [-0.25, -0.2) is 4.98 Å². The van der Waals surface area contributed by atoms with Crippen LogP contribution in [0.1, 0.15) is 84.1 Å². The first kappa shape index (κ1) is 23.0. The Morgan fingerprint density at radius 1 is 1.12 bits per heavy atom. The predicted molar refractivity (Wildman–Crippen MR) is 134 cm³/mol. The summed E-state index contributed by atoms with van der Waals surface area (Å²) >= 11 is 1.62. The molecule has 0 bridgehead atoms. The van der Waals surface area contributed by atoms with Gasteiger partial charge in [0.1, 0.15) is 0 Å². The van der Waals surface area contributed by atoms with E-state index in [9.17, 15) is 4.79 Å². The van der Waals surface area contributed by atoms with Gasteiger partial charge in [-0.15, -0.1) is 11.3 Å². The number of nitrogens with one attached hydrogen (secondary N) is 1. The Morgan fingerprint density at radius 3 is 2.67 bits per heavy atom. The molecular formula is C27H38N4OS. The second-order valence-corrected chi connectivity index (χ2v) is 11.7. The molecule has 2 aromatic rings. The summed E-state index contributed by atoms with van der Waals surface area (Å²) in [5.74, 6) is 1.68. The van der Waals surface area contributed by atoms with Crippen LogP contribution < -0.4 is 5.32 Å². The van der Waals surface area contributed by atoms with E-state index in [4.69, 9.17) is 4.98 Å². The SMILES string of the molecule is Cc1ncc(CC(=O)N[C@H]2CC[C@H](CCN3CCc4ccc(C5CCC5)nc4CC3)CC2)s1. The van der Waals surface area contributed by atoms with E-state index >= 15 is 0 Å². The molecule has 3 heterocycles. The summed E-state index contributed by atoms with van der Waals surface area (Å²) in [5, 5.41) is 4.29. The number of carbonyl (C=O) groups excluding carboxylic acids is 1. The summed E-state index contributed by atoms with van der Waals surface area (Å²) in [6.45, 7) is 5.51. The minimum atomic E-state index is 0.153. The Bertz CT molecular complexity index is 945. The van der Waals surface area contributed by atoms with E-state index in [0.717, 1.165) is 53.9 Å². The summed E-state index contributed by atoms with van der Waals surface area (Å²) in [6, 6.07) is 5.02. The zero-order valence-electron chi connectivity index (χ0n) is 20.0. The summed E-state index contributed by atoms with van der Waals surface area (Å²) in [4.78, 5) is 25.4. The number of fused-ring (bicyclic) bond motifs is 1. The number of nitrogens with zero attached hydrogens (tertiary/aromatic N) is 3. The fourth-order valence-electron chi connectivity index (χ4n) is 5.69. The smallest absolute Gasteiger partial charge is 0.225 e. The van der Waals surface area contributed by atoms with Gasteiger partial charge in [0.25, 0.3) is 0 Å². The van der Waals surface area contributed by atoms with Crippen molar-refractivity contribution in [1.29, 1.82) is 0 Å². The van der Waals surface area contributed by atoms with Crippen molar-refractivity contribution >= 4 is 17.2 Å². The van der Waals surface area contributed by atoms with E-state index in [1.807, 2.05) is 13.1 Å². The number of rotatable bonds is 7. The summed E-state index contributed by atoms with van der Waals surface area (Å²) in [5.41, 5.74) is 4.19. The molecule has 1 N–H and O–H groups in total. The lowest BCUT2D eigenvalue weighted by Gasteiger charge is -2.30. The van der Waals surface area contributed by atoms with Crippen molar-refractivity contribution in [1.82, 2.24) is 20.2 Å². The van der Waals surface area contributed by atoms with Crippen molar-refractivity contribution in [3.8, 4) is 0 Å². The van der Waals surface area contributed by atoms with Crippen LogP contribution >= 0.6 is 11.3 Å². The van der Waals surface area contributed by atoms with Crippen molar-refractivity contribution in [2.75, 3.05) is 19.6 Å². The van der Waals surface area contributed by atoms with Gasteiger partial charge in [0.15, 0.2) is 0 Å². The summed E-state index contributed by atoms with van der Waals surface area (Å²) < 4.78 is 0. The van der Waals surface area contributed by atoms with Gasteiger partial charge < -0.3 is 10.2 Å². The summed E-state index contributed by atoms with van der Waals surface area (Å²) in [7, 11) is 0. The van der Waals surface area contributed by atoms with E-state index in [1.54, 1.807) is 11.3 Å².